The van der Waals surface area contributed by atoms with Crippen molar-refractivity contribution in [2.45, 2.75) is 13.0 Å². The standard InChI is InChI=1S/C13H17N/c1-2-3-4-8-11-14-12-13-9-6-5-7-10-13/h2-7,9-10,14H,1,8,11-12H2/b4-3+. The van der Waals surface area contributed by atoms with Gasteiger partial charge in [0.2, 0.25) is 0 Å². The van der Waals surface area contributed by atoms with Gasteiger partial charge in [0.15, 0.2) is 0 Å². The topological polar surface area (TPSA) is 12.0 Å². The summed E-state index contributed by atoms with van der Waals surface area (Å²) in [6.07, 6.45) is 6.95. The van der Waals surface area contributed by atoms with E-state index in [-0.39, 0.29) is 0 Å². The Labute approximate surface area is 86.2 Å². The van der Waals surface area contributed by atoms with Gasteiger partial charge in [-0.15, -0.1) is 0 Å². The van der Waals surface area contributed by atoms with E-state index >= 15 is 0 Å². The van der Waals surface area contributed by atoms with Crippen molar-refractivity contribution in [1.29, 1.82) is 0 Å². The van der Waals surface area contributed by atoms with Gasteiger partial charge < -0.3 is 5.32 Å². The summed E-state index contributed by atoms with van der Waals surface area (Å²) in [5, 5.41) is 3.38. The molecule has 0 bridgehead atoms. The van der Waals surface area contributed by atoms with Crippen LogP contribution < -0.4 is 5.32 Å². The Bertz CT molecular complexity index is 275. The lowest BCUT2D eigenvalue weighted by atomic mass is 10.2. The fourth-order valence-electron chi connectivity index (χ4n) is 1.21. The van der Waals surface area contributed by atoms with Gasteiger partial charge in [0.05, 0.1) is 0 Å². The molecule has 0 saturated heterocycles. The first-order valence-electron chi connectivity index (χ1n) is 4.95. The van der Waals surface area contributed by atoms with Crippen LogP contribution in [0.5, 0.6) is 0 Å². The van der Waals surface area contributed by atoms with Gasteiger partial charge in [0, 0.05) is 6.54 Å². The predicted molar refractivity (Wildman–Crippen MR) is 62.1 cm³/mol. The van der Waals surface area contributed by atoms with Crippen molar-refractivity contribution in [1.82, 2.24) is 5.32 Å². The van der Waals surface area contributed by atoms with Crippen molar-refractivity contribution in [3.8, 4) is 0 Å². The van der Waals surface area contributed by atoms with Crippen molar-refractivity contribution in [3.63, 3.8) is 0 Å². The fraction of sp³-hybridized carbons (Fsp3) is 0.231. The lowest BCUT2D eigenvalue weighted by molar-refractivity contribution is 0.695. The SMILES string of the molecule is C=C/C=C/CCNCc1ccccc1. The number of benzene rings is 1. The third kappa shape index (κ3) is 4.63. The van der Waals surface area contributed by atoms with E-state index in [0.29, 0.717) is 0 Å². The third-order valence-corrected chi connectivity index (χ3v) is 1.93. The molecule has 1 rings (SSSR count). The van der Waals surface area contributed by atoms with Crippen LogP contribution in [0.1, 0.15) is 12.0 Å². The minimum absolute atomic E-state index is 0.947. The second kappa shape index (κ2) is 7.10. The molecular weight excluding hydrogens is 170 g/mol. The van der Waals surface area contributed by atoms with Crippen LogP contribution >= 0.6 is 0 Å². The normalized spacial score (nSPS) is 10.6. The van der Waals surface area contributed by atoms with Crippen LogP contribution in [0.15, 0.2) is 55.1 Å². The maximum absolute atomic E-state index is 3.62. The molecule has 74 valence electrons. The summed E-state index contributed by atoms with van der Waals surface area (Å²) in [6, 6.07) is 10.4. The van der Waals surface area contributed by atoms with E-state index in [1.807, 2.05) is 12.1 Å². The summed E-state index contributed by atoms with van der Waals surface area (Å²) < 4.78 is 0. The zero-order valence-corrected chi connectivity index (χ0v) is 8.45. The van der Waals surface area contributed by atoms with E-state index in [0.717, 1.165) is 19.5 Å². The Morgan fingerprint density at radius 2 is 2.00 bits per heavy atom. The largest absolute Gasteiger partial charge is 0.312 e. The second-order valence-electron chi connectivity index (χ2n) is 3.11. The molecule has 0 aliphatic heterocycles. The van der Waals surface area contributed by atoms with Gasteiger partial charge in [0.1, 0.15) is 0 Å². The number of rotatable bonds is 6. The maximum Gasteiger partial charge on any atom is 0.0205 e. The van der Waals surface area contributed by atoms with E-state index in [1.165, 1.54) is 5.56 Å². The first-order valence-corrected chi connectivity index (χ1v) is 4.95. The molecule has 14 heavy (non-hydrogen) atoms. The number of hydrogen-bond donors (Lipinski definition) is 1. The average Bonchev–Trinajstić information content (AvgIpc) is 2.25. The minimum atomic E-state index is 0.947. The van der Waals surface area contributed by atoms with Crippen molar-refractivity contribution in [3.05, 3.63) is 60.7 Å². The van der Waals surface area contributed by atoms with E-state index in [1.54, 1.807) is 6.08 Å². The van der Waals surface area contributed by atoms with Gasteiger partial charge in [-0.25, -0.2) is 0 Å². The van der Waals surface area contributed by atoms with Crippen molar-refractivity contribution >= 4 is 0 Å². The quantitative estimate of drug-likeness (QED) is 0.533. The summed E-state index contributed by atoms with van der Waals surface area (Å²) in [4.78, 5) is 0. The van der Waals surface area contributed by atoms with Crippen LogP contribution in [0, 0.1) is 0 Å². The zero-order valence-electron chi connectivity index (χ0n) is 8.45. The number of hydrogen-bond acceptors (Lipinski definition) is 1. The van der Waals surface area contributed by atoms with Crippen LogP contribution in [0.2, 0.25) is 0 Å². The van der Waals surface area contributed by atoms with E-state index in [2.05, 4.69) is 42.2 Å². The highest BCUT2D eigenvalue weighted by atomic mass is 14.8. The van der Waals surface area contributed by atoms with Gasteiger partial charge in [-0.3, -0.25) is 0 Å². The molecule has 0 unspecified atom stereocenters. The Kier molecular flexibility index (Phi) is 5.45. The first kappa shape index (κ1) is 10.7. The molecule has 0 fully saturated rings. The summed E-state index contributed by atoms with van der Waals surface area (Å²) >= 11 is 0. The van der Waals surface area contributed by atoms with Gasteiger partial charge in [0.25, 0.3) is 0 Å². The summed E-state index contributed by atoms with van der Waals surface area (Å²) in [7, 11) is 0. The molecule has 1 aromatic rings. The van der Waals surface area contributed by atoms with Crippen LogP contribution in [0.4, 0.5) is 0 Å². The minimum Gasteiger partial charge on any atom is -0.312 e. The zero-order chi connectivity index (χ0) is 10.1. The molecule has 1 nitrogen and oxygen atoms in total. The lowest BCUT2D eigenvalue weighted by Crippen LogP contribution is -2.13. The van der Waals surface area contributed by atoms with Crippen LogP contribution in [-0.2, 0) is 6.54 Å². The molecular formula is C13H17N. The molecule has 0 atom stereocenters. The molecule has 0 aliphatic rings. The van der Waals surface area contributed by atoms with Gasteiger partial charge in [-0.05, 0) is 18.5 Å². The molecule has 0 heterocycles. The maximum atomic E-state index is 3.62. The van der Waals surface area contributed by atoms with Crippen molar-refractivity contribution in [2.75, 3.05) is 6.54 Å². The Morgan fingerprint density at radius 1 is 1.21 bits per heavy atom. The molecule has 0 aromatic heterocycles. The molecule has 0 spiro atoms. The predicted octanol–water partition coefficient (Wildman–Crippen LogP) is 2.91. The molecule has 0 amide bonds. The molecule has 1 heteroatoms. The smallest absolute Gasteiger partial charge is 0.0205 e. The monoisotopic (exact) mass is 187 g/mol. The highest BCUT2D eigenvalue weighted by Gasteiger charge is 1.88. The molecule has 0 aliphatic carbocycles. The Hall–Kier alpha value is -1.34. The highest BCUT2D eigenvalue weighted by Crippen LogP contribution is 1.96. The molecule has 0 radical (unpaired) electrons. The van der Waals surface area contributed by atoms with E-state index in [4.69, 9.17) is 0 Å². The summed E-state index contributed by atoms with van der Waals surface area (Å²) in [5.74, 6) is 0. The van der Waals surface area contributed by atoms with E-state index in [9.17, 15) is 0 Å². The van der Waals surface area contributed by atoms with Crippen molar-refractivity contribution < 1.29 is 0 Å². The number of allylic oxidation sites excluding steroid dienone is 2. The highest BCUT2D eigenvalue weighted by molar-refractivity contribution is 5.14. The van der Waals surface area contributed by atoms with Gasteiger partial charge >= 0.3 is 0 Å². The molecule has 1 N–H and O–H groups in total. The molecule has 0 saturated carbocycles. The van der Waals surface area contributed by atoms with Crippen LogP contribution in [0.25, 0.3) is 0 Å². The summed E-state index contributed by atoms with van der Waals surface area (Å²) in [5.41, 5.74) is 1.33. The van der Waals surface area contributed by atoms with Crippen molar-refractivity contribution in [2.24, 2.45) is 0 Å². The third-order valence-electron chi connectivity index (χ3n) is 1.93. The summed E-state index contributed by atoms with van der Waals surface area (Å²) in [6.45, 7) is 5.58. The second-order valence-corrected chi connectivity index (χ2v) is 3.11. The number of nitrogens with one attached hydrogen (secondary N) is 1. The van der Waals surface area contributed by atoms with Gasteiger partial charge in [-0.1, -0.05) is 55.1 Å². The Morgan fingerprint density at radius 3 is 2.71 bits per heavy atom. The van der Waals surface area contributed by atoms with Gasteiger partial charge in [-0.2, -0.15) is 0 Å². The first-order chi connectivity index (χ1) is 6.93. The Balaban J connectivity index is 2.10. The van der Waals surface area contributed by atoms with E-state index < -0.39 is 0 Å². The van der Waals surface area contributed by atoms with Crippen LogP contribution in [-0.4, -0.2) is 6.54 Å². The average molecular weight is 187 g/mol. The molecule has 1 aromatic carbocycles. The lowest BCUT2D eigenvalue weighted by Gasteiger charge is -2.02. The fourth-order valence-corrected chi connectivity index (χ4v) is 1.21. The van der Waals surface area contributed by atoms with Crippen LogP contribution in [0.3, 0.4) is 0 Å².